The van der Waals surface area contributed by atoms with Gasteiger partial charge in [-0.05, 0) is 73.5 Å². The lowest BCUT2D eigenvalue weighted by atomic mass is 9.88. The van der Waals surface area contributed by atoms with E-state index in [1.165, 1.54) is 7.11 Å². The molecule has 0 radical (unpaired) electrons. The molecule has 0 saturated carbocycles. The third-order valence-corrected chi connectivity index (χ3v) is 6.31. The van der Waals surface area contributed by atoms with Crippen LogP contribution in [-0.2, 0) is 9.53 Å². The third-order valence-electron chi connectivity index (χ3n) is 6.31. The number of hydrogen-bond donors (Lipinski definition) is 0. The lowest BCUT2D eigenvalue weighted by Crippen LogP contribution is -2.42. The van der Waals surface area contributed by atoms with E-state index in [-0.39, 0.29) is 17.7 Å². The molecule has 2 amide bonds. The van der Waals surface area contributed by atoms with Crippen molar-refractivity contribution in [3.63, 3.8) is 0 Å². The molecule has 1 atom stereocenters. The molecule has 0 bridgehead atoms. The number of hydrogen-bond acceptors (Lipinski definition) is 5. The van der Waals surface area contributed by atoms with E-state index in [1.54, 1.807) is 65.4 Å². The van der Waals surface area contributed by atoms with Crippen molar-refractivity contribution in [3.8, 4) is 5.75 Å². The predicted molar refractivity (Wildman–Crippen MR) is 134 cm³/mol. The van der Waals surface area contributed by atoms with E-state index in [0.29, 0.717) is 42.1 Å². The molecule has 35 heavy (non-hydrogen) atoms. The molecular formula is C28H28N2O5. The standard InChI is InChI=1S/C28H28N2O5/c1-4-29(21-13-9-20(10-14-21)28(33)35-3)27(32)24-17-18-30(25-8-6-5-7-23(24)25)26(31)19-11-15-22(34-2)16-12-19/h5-16,24H,4,17-18H2,1-3H3/t24-/m0/s1. The maximum atomic E-state index is 13.7. The largest absolute Gasteiger partial charge is 0.497 e. The number of carbonyl (C=O) groups is 3. The molecule has 7 nitrogen and oxygen atoms in total. The van der Waals surface area contributed by atoms with Crippen LogP contribution in [0.15, 0.2) is 72.8 Å². The quantitative estimate of drug-likeness (QED) is 0.488. The number of rotatable bonds is 6. The van der Waals surface area contributed by atoms with E-state index in [1.807, 2.05) is 31.2 Å². The van der Waals surface area contributed by atoms with Gasteiger partial charge in [0.05, 0.1) is 25.7 Å². The van der Waals surface area contributed by atoms with Crippen molar-refractivity contribution in [2.24, 2.45) is 0 Å². The molecule has 0 spiro atoms. The van der Waals surface area contributed by atoms with Crippen LogP contribution in [0.1, 0.15) is 45.5 Å². The van der Waals surface area contributed by atoms with Gasteiger partial charge in [0.25, 0.3) is 5.91 Å². The average Bonchev–Trinajstić information content (AvgIpc) is 2.92. The molecule has 3 aromatic carbocycles. The molecule has 0 unspecified atom stereocenters. The van der Waals surface area contributed by atoms with Gasteiger partial charge in [0, 0.05) is 30.0 Å². The Balaban J connectivity index is 1.60. The van der Waals surface area contributed by atoms with Gasteiger partial charge in [-0.1, -0.05) is 18.2 Å². The van der Waals surface area contributed by atoms with Crippen LogP contribution >= 0.6 is 0 Å². The summed E-state index contributed by atoms with van der Waals surface area (Å²) in [5.41, 5.74) is 3.27. The number of benzene rings is 3. The molecule has 1 heterocycles. The minimum Gasteiger partial charge on any atom is -0.497 e. The predicted octanol–water partition coefficient (Wildman–Crippen LogP) is 4.67. The highest BCUT2D eigenvalue weighted by atomic mass is 16.5. The monoisotopic (exact) mass is 472 g/mol. The Bertz CT molecular complexity index is 1220. The highest BCUT2D eigenvalue weighted by Crippen LogP contribution is 2.38. The smallest absolute Gasteiger partial charge is 0.337 e. The lowest BCUT2D eigenvalue weighted by Gasteiger charge is -2.36. The molecule has 4 rings (SSSR count). The molecular weight excluding hydrogens is 444 g/mol. The summed E-state index contributed by atoms with van der Waals surface area (Å²) in [4.78, 5) is 42.2. The number of fused-ring (bicyclic) bond motifs is 1. The number of likely N-dealkylation sites (N-methyl/N-ethyl adjacent to an activating group) is 1. The summed E-state index contributed by atoms with van der Waals surface area (Å²) in [5, 5.41) is 0. The fourth-order valence-corrected chi connectivity index (χ4v) is 4.47. The zero-order chi connectivity index (χ0) is 24.9. The SMILES string of the molecule is CCN(C(=O)[C@H]1CCN(C(=O)c2ccc(OC)cc2)c2ccccc21)c1ccc(C(=O)OC)cc1. The van der Waals surface area contributed by atoms with Crippen LogP contribution in [0.25, 0.3) is 0 Å². The molecule has 0 fully saturated rings. The zero-order valence-corrected chi connectivity index (χ0v) is 20.1. The van der Waals surface area contributed by atoms with Gasteiger partial charge in [-0.25, -0.2) is 4.79 Å². The topological polar surface area (TPSA) is 76.2 Å². The van der Waals surface area contributed by atoms with Crippen LogP contribution in [-0.4, -0.2) is 45.1 Å². The number of ether oxygens (including phenoxy) is 2. The maximum Gasteiger partial charge on any atom is 0.337 e. The van der Waals surface area contributed by atoms with Crippen LogP contribution in [0, 0.1) is 0 Å². The Morgan fingerprint density at radius 1 is 0.914 bits per heavy atom. The number of esters is 1. The molecule has 0 aromatic heterocycles. The summed E-state index contributed by atoms with van der Waals surface area (Å²) in [6, 6.07) is 21.4. The van der Waals surface area contributed by atoms with Crippen LogP contribution in [0.4, 0.5) is 11.4 Å². The van der Waals surface area contributed by atoms with Crippen molar-refractivity contribution in [2.45, 2.75) is 19.3 Å². The van der Waals surface area contributed by atoms with Gasteiger partial charge in [0.1, 0.15) is 5.75 Å². The highest BCUT2D eigenvalue weighted by Gasteiger charge is 2.35. The van der Waals surface area contributed by atoms with Crippen LogP contribution in [0.3, 0.4) is 0 Å². The van der Waals surface area contributed by atoms with Gasteiger partial charge in [0.2, 0.25) is 5.91 Å². The second kappa shape index (κ2) is 10.4. The van der Waals surface area contributed by atoms with Crippen molar-refractivity contribution in [1.29, 1.82) is 0 Å². The molecule has 1 aliphatic rings. The Morgan fingerprint density at radius 3 is 2.20 bits per heavy atom. The second-order valence-electron chi connectivity index (χ2n) is 8.21. The highest BCUT2D eigenvalue weighted by molar-refractivity contribution is 6.08. The molecule has 180 valence electrons. The molecule has 0 saturated heterocycles. The van der Waals surface area contributed by atoms with E-state index >= 15 is 0 Å². The second-order valence-corrected chi connectivity index (χ2v) is 8.21. The fourth-order valence-electron chi connectivity index (χ4n) is 4.47. The fraction of sp³-hybridized carbons (Fsp3) is 0.250. The van der Waals surface area contributed by atoms with Gasteiger partial charge in [-0.3, -0.25) is 9.59 Å². The number of amides is 2. The van der Waals surface area contributed by atoms with Crippen LogP contribution in [0.5, 0.6) is 5.75 Å². The number of methoxy groups -OCH3 is 2. The molecule has 1 aliphatic heterocycles. The Morgan fingerprint density at radius 2 is 1.57 bits per heavy atom. The minimum atomic E-state index is -0.422. The van der Waals surface area contributed by atoms with Crippen molar-refractivity contribution >= 4 is 29.2 Å². The summed E-state index contributed by atoms with van der Waals surface area (Å²) in [6.45, 7) is 2.82. The average molecular weight is 473 g/mol. The van der Waals surface area contributed by atoms with Gasteiger partial charge in [-0.15, -0.1) is 0 Å². The van der Waals surface area contributed by atoms with Crippen molar-refractivity contribution in [2.75, 3.05) is 37.1 Å². The molecule has 3 aromatic rings. The minimum absolute atomic E-state index is 0.0395. The maximum absolute atomic E-state index is 13.7. The van der Waals surface area contributed by atoms with Gasteiger partial charge < -0.3 is 19.3 Å². The number of carbonyl (C=O) groups excluding carboxylic acids is 3. The van der Waals surface area contributed by atoms with Gasteiger partial charge >= 0.3 is 5.97 Å². The first-order chi connectivity index (χ1) is 17.0. The Hall–Kier alpha value is -4.13. The molecule has 7 heteroatoms. The Kier molecular flexibility index (Phi) is 7.15. The van der Waals surface area contributed by atoms with E-state index in [4.69, 9.17) is 9.47 Å². The first-order valence-corrected chi connectivity index (χ1v) is 11.5. The normalized spacial score (nSPS) is 14.6. The van der Waals surface area contributed by atoms with E-state index in [0.717, 1.165) is 11.3 Å². The number of anilines is 2. The van der Waals surface area contributed by atoms with Crippen LogP contribution in [0.2, 0.25) is 0 Å². The van der Waals surface area contributed by atoms with Crippen molar-refractivity contribution in [3.05, 3.63) is 89.5 Å². The van der Waals surface area contributed by atoms with Gasteiger partial charge in [-0.2, -0.15) is 0 Å². The summed E-state index contributed by atoms with van der Waals surface area (Å²) >= 11 is 0. The first-order valence-electron chi connectivity index (χ1n) is 11.5. The summed E-state index contributed by atoms with van der Waals surface area (Å²) in [5.74, 6) is -0.273. The number of para-hydroxylation sites is 1. The van der Waals surface area contributed by atoms with Crippen LogP contribution < -0.4 is 14.5 Å². The van der Waals surface area contributed by atoms with E-state index < -0.39 is 5.97 Å². The summed E-state index contributed by atoms with van der Waals surface area (Å²) in [7, 11) is 2.92. The lowest BCUT2D eigenvalue weighted by molar-refractivity contribution is -0.120. The third kappa shape index (κ3) is 4.75. The summed E-state index contributed by atoms with van der Waals surface area (Å²) in [6.07, 6.45) is 0.508. The first kappa shape index (κ1) is 24.0. The summed E-state index contributed by atoms with van der Waals surface area (Å²) < 4.78 is 9.95. The van der Waals surface area contributed by atoms with Crippen molar-refractivity contribution in [1.82, 2.24) is 0 Å². The Labute approximate surface area is 204 Å². The van der Waals surface area contributed by atoms with E-state index in [9.17, 15) is 14.4 Å². The molecule has 0 N–H and O–H groups in total. The van der Waals surface area contributed by atoms with Crippen molar-refractivity contribution < 1.29 is 23.9 Å². The number of nitrogens with zero attached hydrogens (tertiary/aromatic N) is 2. The zero-order valence-electron chi connectivity index (χ0n) is 20.1. The van der Waals surface area contributed by atoms with Gasteiger partial charge in [0.15, 0.2) is 0 Å². The molecule has 0 aliphatic carbocycles. The van der Waals surface area contributed by atoms with E-state index in [2.05, 4.69) is 0 Å².